The van der Waals surface area contributed by atoms with Crippen LogP contribution in [0.3, 0.4) is 0 Å². The molecule has 0 unspecified atom stereocenters. The summed E-state index contributed by atoms with van der Waals surface area (Å²) in [5.74, 6) is 2.59. The van der Waals surface area contributed by atoms with Crippen molar-refractivity contribution in [2.75, 3.05) is 39.6 Å². The number of carbonyl (C=O) groups is 1. The Kier molecular flexibility index (Phi) is 4.05. The van der Waals surface area contributed by atoms with Gasteiger partial charge in [-0.25, -0.2) is 0 Å². The number of benzene rings is 1. The largest absolute Gasteiger partial charge is 0.454 e. The molecule has 1 atom stereocenters. The summed E-state index contributed by atoms with van der Waals surface area (Å²) in [5, 5.41) is 0. The van der Waals surface area contributed by atoms with Crippen LogP contribution in [-0.4, -0.2) is 60.9 Å². The molecule has 0 saturated carbocycles. The second kappa shape index (κ2) is 6.43. The van der Waals surface area contributed by atoms with E-state index in [1.165, 1.54) is 5.56 Å². The summed E-state index contributed by atoms with van der Waals surface area (Å²) in [5.41, 5.74) is 1.26. The summed E-state index contributed by atoms with van der Waals surface area (Å²) < 4.78 is 17.0. The molecule has 3 fully saturated rings. The number of ether oxygens (including phenoxy) is 3. The molecule has 1 aromatic carbocycles. The standard InChI is InChI=1S/C20H26N2O4/c23-19-2-1-7-22(19)8-5-16-6-9-26-20(16)12-21(13-20)11-15-3-4-17-18(10-15)25-14-24-17/h3-4,10,16H,1-2,5-9,11-14H2/t16-/m0/s1. The van der Waals surface area contributed by atoms with Crippen molar-refractivity contribution in [1.29, 1.82) is 0 Å². The van der Waals surface area contributed by atoms with Crippen molar-refractivity contribution in [2.24, 2.45) is 5.92 Å². The van der Waals surface area contributed by atoms with Crippen LogP contribution < -0.4 is 9.47 Å². The number of hydrogen-bond acceptors (Lipinski definition) is 5. The number of fused-ring (bicyclic) bond motifs is 1. The molecule has 140 valence electrons. The predicted octanol–water partition coefficient (Wildman–Crippen LogP) is 2.02. The van der Waals surface area contributed by atoms with Crippen LogP contribution >= 0.6 is 0 Å². The summed E-state index contributed by atoms with van der Waals surface area (Å²) in [6.45, 7) is 5.91. The van der Waals surface area contributed by atoms with Crippen molar-refractivity contribution in [2.45, 2.75) is 37.8 Å². The van der Waals surface area contributed by atoms with Crippen LogP contribution in [0.4, 0.5) is 0 Å². The number of likely N-dealkylation sites (tertiary alicyclic amines) is 2. The molecule has 4 aliphatic heterocycles. The quantitative estimate of drug-likeness (QED) is 0.806. The van der Waals surface area contributed by atoms with Crippen molar-refractivity contribution in [3.8, 4) is 11.5 Å². The van der Waals surface area contributed by atoms with E-state index in [1.54, 1.807) is 0 Å². The molecule has 3 saturated heterocycles. The minimum Gasteiger partial charge on any atom is -0.454 e. The van der Waals surface area contributed by atoms with Gasteiger partial charge in [-0.15, -0.1) is 0 Å². The smallest absolute Gasteiger partial charge is 0.231 e. The Morgan fingerprint density at radius 2 is 2.08 bits per heavy atom. The highest BCUT2D eigenvalue weighted by atomic mass is 16.7. The van der Waals surface area contributed by atoms with E-state index in [-0.39, 0.29) is 5.60 Å². The van der Waals surface area contributed by atoms with Gasteiger partial charge in [0.2, 0.25) is 12.7 Å². The first kappa shape index (κ1) is 16.4. The van der Waals surface area contributed by atoms with E-state index in [1.807, 2.05) is 11.0 Å². The minimum absolute atomic E-state index is 0.0130. The Labute approximate surface area is 154 Å². The van der Waals surface area contributed by atoms with Gasteiger partial charge in [-0.3, -0.25) is 9.69 Å². The molecule has 0 radical (unpaired) electrons. The molecule has 6 nitrogen and oxygen atoms in total. The van der Waals surface area contributed by atoms with Gasteiger partial charge in [0.1, 0.15) is 0 Å². The molecule has 4 heterocycles. The molecule has 0 bridgehead atoms. The number of nitrogens with zero attached hydrogens (tertiary/aromatic N) is 2. The van der Waals surface area contributed by atoms with Gasteiger partial charge in [-0.2, -0.15) is 0 Å². The van der Waals surface area contributed by atoms with E-state index in [0.717, 1.165) is 76.5 Å². The first-order valence-corrected chi connectivity index (χ1v) is 9.74. The Balaban J connectivity index is 1.16. The maximum atomic E-state index is 11.8. The van der Waals surface area contributed by atoms with Crippen LogP contribution in [-0.2, 0) is 16.1 Å². The van der Waals surface area contributed by atoms with Gasteiger partial charge in [0.15, 0.2) is 11.5 Å². The van der Waals surface area contributed by atoms with Crippen LogP contribution in [0.25, 0.3) is 0 Å². The lowest BCUT2D eigenvalue weighted by Crippen LogP contribution is -2.64. The monoisotopic (exact) mass is 358 g/mol. The highest BCUT2D eigenvalue weighted by Gasteiger charge is 2.52. The number of amides is 1. The van der Waals surface area contributed by atoms with Gasteiger partial charge >= 0.3 is 0 Å². The summed E-state index contributed by atoms with van der Waals surface area (Å²) in [4.78, 5) is 16.3. The average Bonchev–Trinajstić information content (AvgIpc) is 3.32. The summed E-state index contributed by atoms with van der Waals surface area (Å²) >= 11 is 0. The Bertz CT molecular complexity index is 701. The van der Waals surface area contributed by atoms with Gasteiger partial charge in [-0.1, -0.05) is 6.07 Å². The Morgan fingerprint density at radius 1 is 1.19 bits per heavy atom. The van der Waals surface area contributed by atoms with Crippen molar-refractivity contribution >= 4 is 5.91 Å². The third-order valence-electron chi connectivity index (χ3n) is 6.34. The lowest BCUT2D eigenvalue weighted by atomic mass is 9.78. The van der Waals surface area contributed by atoms with Crippen molar-refractivity contribution in [3.05, 3.63) is 23.8 Å². The number of hydrogen-bond donors (Lipinski definition) is 0. The molecule has 1 spiro atoms. The zero-order chi connectivity index (χ0) is 17.6. The first-order chi connectivity index (χ1) is 12.7. The topological polar surface area (TPSA) is 51.2 Å². The van der Waals surface area contributed by atoms with E-state index >= 15 is 0 Å². The third kappa shape index (κ3) is 2.85. The molecule has 26 heavy (non-hydrogen) atoms. The van der Waals surface area contributed by atoms with E-state index in [4.69, 9.17) is 14.2 Å². The molecule has 1 aromatic rings. The van der Waals surface area contributed by atoms with Gasteiger partial charge in [0, 0.05) is 45.8 Å². The van der Waals surface area contributed by atoms with Crippen LogP contribution in [0, 0.1) is 5.92 Å². The Hall–Kier alpha value is -1.79. The van der Waals surface area contributed by atoms with Crippen LogP contribution in [0.5, 0.6) is 11.5 Å². The van der Waals surface area contributed by atoms with Gasteiger partial charge in [0.25, 0.3) is 0 Å². The summed E-state index contributed by atoms with van der Waals surface area (Å²) in [6, 6.07) is 6.19. The molecule has 5 rings (SSSR count). The highest BCUT2D eigenvalue weighted by molar-refractivity contribution is 5.78. The SMILES string of the molecule is O=C1CCCN1CC[C@H]1CCOC12CN(Cc1ccc3c(c1)OCO3)C2. The normalized spacial score (nSPS) is 26.7. The van der Waals surface area contributed by atoms with E-state index < -0.39 is 0 Å². The summed E-state index contributed by atoms with van der Waals surface area (Å²) in [7, 11) is 0. The second-order valence-electron chi connectivity index (χ2n) is 8.00. The van der Waals surface area contributed by atoms with Crippen molar-refractivity contribution in [3.63, 3.8) is 0 Å². The predicted molar refractivity (Wildman–Crippen MR) is 95.1 cm³/mol. The molecule has 0 N–H and O–H groups in total. The lowest BCUT2D eigenvalue weighted by Gasteiger charge is -2.50. The molecule has 1 amide bonds. The van der Waals surface area contributed by atoms with Crippen molar-refractivity contribution < 1.29 is 19.0 Å². The third-order valence-corrected chi connectivity index (χ3v) is 6.34. The second-order valence-corrected chi connectivity index (χ2v) is 8.00. The fraction of sp³-hybridized carbons (Fsp3) is 0.650. The molecular weight excluding hydrogens is 332 g/mol. The number of rotatable bonds is 5. The van der Waals surface area contributed by atoms with Gasteiger partial charge < -0.3 is 19.1 Å². The molecule has 0 aromatic heterocycles. The van der Waals surface area contributed by atoms with Crippen LogP contribution in [0.2, 0.25) is 0 Å². The van der Waals surface area contributed by atoms with E-state index in [2.05, 4.69) is 17.0 Å². The molecule has 4 aliphatic rings. The lowest BCUT2D eigenvalue weighted by molar-refractivity contribution is -0.139. The fourth-order valence-corrected chi connectivity index (χ4v) is 4.91. The fourth-order valence-electron chi connectivity index (χ4n) is 4.91. The van der Waals surface area contributed by atoms with Crippen LogP contribution in [0.1, 0.15) is 31.2 Å². The first-order valence-electron chi connectivity index (χ1n) is 9.74. The van der Waals surface area contributed by atoms with Crippen LogP contribution in [0.15, 0.2) is 18.2 Å². The zero-order valence-corrected chi connectivity index (χ0v) is 15.1. The van der Waals surface area contributed by atoms with E-state index in [0.29, 0.717) is 18.6 Å². The highest BCUT2D eigenvalue weighted by Crippen LogP contribution is 2.43. The van der Waals surface area contributed by atoms with E-state index in [9.17, 15) is 4.79 Å². The molecular formula is C20H26N2O4. The maximum Gasteiger partial charge on any atom is 0.231 e. The minimum atomic E-state index is 0.0130. The number of carbonyl (C=O) groups excluding carboxylic acids is 1. The molecule has 6 heteroatoms. The average molecular weight is 358 g/mol. The maximum absolute atomic E-state index is 11.8. The van der Waals surface area contributed by atoms with Gasteiger partial charge in [0.05, 0.1) is 5.60 Å². The molecule has 0 aliphatic carbocycles. The zero-order valence-electron chi connectivity index (χ0n) is 15.1. The van der Waals surface area contributed by atoms with Crippen molar-refractivity contribution in [1.82, 2.24) is 9.80 Å². The Morgan fingerprint density at radius 3 is 2.92 bits per heavy atom. The van der Waals surface area contributed by atoms with Gasteiger partial charge in [-0.05, 0) is 42.9 Å². The summed E-state index contributed by atoms with van der Waals surface area (Å²) in [6.07, 6.45) is 3.95.